The molecule has 4 aromatic rings. The molecule has 42 heavy (non-hydrogen) atoms. The first-order valence-electron chi connectivity index (χ1n) is 13.5. The number of ether oxygens (including phenoxy) is 2. The minimum absolute atomic E-state index is 0.0990. The van der Waals surface area contributed by atoms with Crippen molar-refractivity contribution in [2.45, 2.75) is 33.2 Å². The number of benzene rings is 3. The maximum atomic E-state index is 13.8. The fraction of sp³-hybridized carbons (Fsp3) is 0.212. The SMILES string of the molecule is COc1cc(Cc2cnc(N)nc2N)cc(C(=O)C=CN2N=Cc3ccccc3C2c2c(C)cc(C)cc2C)c1OC. The van der Waals surface area contributed by atoms with Crippen LogP contribution in [-0.2, 0) is 6.42 Å². The normalized spacial score (nSPS) is 14.2. The molecule has 1 unspecified atom stereocenters. The number of nitrogens with two attached hydrogens (primary N) is 2. The van der Waals surface area contributed by atoms with E-state index in [-0.39, 0.29) is 23.6 Å². The maximum Gasteiger partial charge on any atom is 0.221 e. The number of aromatic nitrogens is 2. The van der Waals surface area contributed by atoms with E-state index in [2.05, 4.69) is 55.0 Å². The van der Waals surface area contributed by atoms with Crippen LogP contribution in [0.4, 0.5) is 11.8 Å². The molecule has 0 bridgehead atoms. The quantitative estimate of drug-likeness (QED) is 0.218. The van der Waals surface area contributed by atoms with Crippen LogP contribution >= 0.6 is 0 Å². The van der Waals surface area contributed by atoms with E-state index in [0.29, 0.717) is 29.0 Å². The number of hydrazone groups is 1. The summed E-state index contributed by atoms with van der Waals surface area (Å²) in [6.45, 7) is 6.33. The third-order valence-corrected chi connectivity index (χ3v) is 7.39. The highest BCUT2D eigenvalue weighted by Crippen LogP contribution is 2.38. The van der Waals surface area contributed by atoms with Gasteiger partial charge in [0.05, 0.1) is 26.0 Å². The van der Waals surface area contributed by atoms with E-state index in [0.717, 1.165) is 22.3 Å². The van der Waals surface area contributed by atoms with Gasteiger partial charge in [0.25, 0.3) is 0 Å². The lowest BCUT2D eigenvalue weighted by Gasteiger charge is -2.33. The van der Waals surface area contributed by atoms with Gasteiger partial charge in [-0.15, -0.1) is 0 Å². The van der Waals surface area contributed by atoms with Crippen molar-refractivity contribution in [1.82, 2.24) is 15.0 Å². The Bertz CT molecular complexity index is 1710. The molecule has 3 aromatic carbocycles. The summed E-state index contributed by atoms with van der Waals surface area (Å²) in [5, 5.41) is 6.58. The molecule has 2 heterocycles. The highest BCUT2D eigenvalue weighted by Gasteiger charge is 2.28. The van der Waals surface area contributed by atoms with Crippen LogP contribution in [0, 0.1) is 20.8 Å². The van der Waals surface area contributed by atoms with Gasteiger partial charge in [0.2, 0.25) is 5.95 Å². The molecule has 1 aromatic heterocycles. The number of nitrogens with zero attached hydrogens (tertiary/aromatic N) is 4. The number of aryl methyl sites for hydroxylation is 3. The first kappa shape index (κ1) is 28.4. The van der Waals surface area contributed by atoms with E-state index >= 15 is 0 Å². The zero-order valence-electron chi connectivity index (χ0n) is 24.4. The van der Waals surface area contributed by atoms with E-state index in [4.69, 9.17) is 26.0 Å². The number of carbonyl (C=O) groups excluding carboxylic acids is 1. The number of ketones is 1. The Morgan fingerprint density at radius 1 is 1.02 bits per heavy atom. The van der Waals surface area contributed by atoms with Gasteiger partial charge in [-0.3, -0.25) is 9.80 Å². The molecule has 5 rings (SSSR count). The number of rotatable bonds is 8. The minimum atomic E-state index is -0.265. The third-order valence-electron chi connectivity index (χ3n) is 7.39. The molecule has 4 N–H and O–H groups in total. The van der Waals surface area contributed by atoms with Crippen LogP contribution < -0.4 is 20.9 Å². The van der Waals surface area contributed by atoms with E-state index in [1.807, 2.05) is 23.4 Å². The molecular formula is C33H34N6O3. The van der Waals surface area contributed by atoms with Gasteiger partial charge < -0.3 is 20.9 Å². The lowest BCUT2D eigenvalue weighted by atomic mass is 9.87. The van der Waals surface area contributed by atoms with Gasteiger partial charge in [0.15, 0.2) is 17.3 Å². The molecule has 0 fully saturated rings. The van der Waals surface area contributed by atoms with Gasteiger partial charge in [-0.05, 0) is 60.7 Å². The van der Waals surface area contributed by atoms with E-state index < -0.39 is 0 Å². The number of hydrogen-bond acceptors (Lipinski definition) is 9. The molecule has 0 radical (unpaired) electrons. The fourth-order valence-electron chi connectivity index (χ4n) is 5.58. The molecule has 1 aliphatic rings. The Morgan fingerprint density at radius 2 is 1.76 bits per heavy atom. The number of nitrogen functional groups attached to an aromatic ring is 2. The zero-order chi connectivity index (χ0) is 30.0. The van der Waals surface area contributed by atoms with E-state index in [1.165, 1.54) is 37.0 Å². The van der Waals surface area contributed by atoms with Crippen molar-refractivity contribution in [2.75, 3.05) is 25.7 Å². The number of allylic oxidation sites excluding steroid dienone is 1. The Balaban J connectivity index is 1.53. The van der Waals surface area contributed by atoms with Crippen molar-refractivity contribution >= 4 is 23.8 Å². The fourth-order valence-corrected chi connectivity index (χ4v) is 5.58. The Labute approximate surface area is 245 Å². The molecule has 1 atom stereocenters. The first-order valence-corrected chi connectivity index (χ1v) is 13.5. The number of hydrogen-bond donors (Lipinski definition) is 2. The smallest absolute Gasteiger partial charge is 0.221 e. The average Bonchev–Trinajstić information content (AvgIpc) is 2.96. The summed E-state index contributed by atoms with van der Waals surface area (Å²) >= 11 is 0. The van der Waals surface area contributed by atoms with Crippen LogP contribution in [-0.4, -0.2) is 41.2 Å². The largest absolute Gasteiger partial charge is 0.493 e. The van der Waals surface area contributed by atoms with Crippen molar-refractivity contribution in [3.05, 3.63) is 117 Å². The van der Waals surface area contributed by atoms with Crippen molar-refractivity contribution in [3.8, 4) is 11.5 Å². The second-order valence-electron chi connectivity index (χ2n) is 10.3. The minimum Gasteiger partial charge on any atom is -0.493 e. The maximum absolute atomic E-state index is 13.8. The highest BCUT2D eigenvalue weighted by molar-refractivity contribution is 6.07. The molecule has 0 saturated carbocycles. The summed E-state index contributed by atoms with van der Waals surface area (Å²) in [6, 6.07) is 15.9. The monoisotopic (exact) mass is 562 g/mol. The summed E-state index contributed by atoms with van der Waals surface area (Å²) < 4.78 is 11.2. The standard InChI is InChI=1S/C33H34N6O3/c1-19-12-20(2)29(21(3)13-19)30-25-9-7-6-8-23(25)18-37-39(30)11-10-27(40)26-15-22(16-28(41-4)31(26)42-5)14-24-17-36-33(35)38-32(24)34/h6-13,15-18,30H,14H2,1-5H3,(H4,34,35,36,38). The molecule has 0 amide bonds. The van der Waals surface area contributed by atoms with Crippen molar-refractivity contribution in [2.24, 2.45) is 5.10 Å². The summed E-state index contributed by atoms with van der Waals surface area (Å²) in [5.41, 5.74) is 20.4. The van der Waals surface area contributed by atoms with Crippen molar-refractivity contribution < 1.29 is 14.3 Å². The Morgan fingerprint density at radius 3 is 2.45 bits per heavy atom. The number of anilines is 2. The predicted octanol–water partition coefficient (Wildman–Crippen LogP) is 5.31. The number of carbonyl (C=O) groups is 1. The molecule has 0 aliphatic carbocycles. The lowest BCUT2D eigenvalue weighted by Crippen LogP contribution is -2.26. The van der Waals surface area contributed by atoms with Crippen LogP contribution in [0.3, 0.4) is 0 Å². The van der Waals surface area contributed by atoms with Gasteiger partial charge in [-0.2, -0.15) is 10.1 Å². The molecule has 0 saturated heterocycles. The summed E-state index contributed by atoms with van der Waals surface area (Å²) in [5.74, 6) is 0.878. The second-order valence-corrected chi connectivity index (χ2v) is 10.3. The number of fused-ring (bicyclic) bond motifs is 1. The summed E-state index contributed by atoms with van der Waals surface area (Å²) in [7, 11) is 3.04. The molecule has 214 valence electrons. The first-order chi connectivity index (χ1) is 20.2. The van der Waals surface area contributed by atoms with Crippen LogP contribution in [0.1, 0.15) is 60.9 Å². The van der Waals surface area contributed by atoms with Crippen LogP contribution in [0.25, 0.3) is 0 Å². The van der Waals surface area contributed by atoms with Gasteiger partial charge in [0.1, 0.15) is 11.9 Å². The van der Waals surface area contributed by atoms with E-state index in [9.17, 15) is 4.79 Å². The third kappa shape index (κ3) is 5.54. The van der Waals surface area contributed by atoms with Crippen LogP contribution in [0.2, 0.25) is 0 Å². The second kappa shape index (κ2) is 11.7. The lowest BCUT2D eigenvalue weighted by molar-refractivity contribution is 0.104. The average molecular weight is 563 g/mol. The topological polar surface area (TPSA) is 129 Å². The van der Waals surface area contributed by atoms with Crippen LogP contribution in [0.15, 0.2) is 72.1 Å². The predicted molar refractivity (Wildman–Crippen MR) is 165 cm³/mol. The number of methoxy groups -OCH3 is 2. The zero-order valence-corrected chi connectivity index (χ0v) is 24.4. The van der Waals surface area contributed by atoms with E-state index in [1.54, 1.807) is 24.5 Å². The summed E-state index contributed by atoms with van der Waals surface area (Å²) in [4.78, 5) is 21.8. The molecular weight excluding hydrogens is 528 g/mol. The molecule has 9 nitrogen and oxygen atoms in total. The highest BCUT2D eigenvalue weighted by atomic mass is 16.5. The molecule has 9 heteroatoms. The molecule has 0 spiro atoms. The Hall–Kier alpha value is -5.18. The molecule has 1 aliphatic heterocycles. The van der Waals surface area contributed by atoms with Gasteiger partial charge >= 0.3 is 0 Å². The van der Waals surface area contributed by atoms with Crippen LogP contribution in [0.5, 0.6) is 11.5 Å². The Kier molecular flexibility index (Phi) is 7.93. The summed E-state index contributed by atoms with van der Waals surface area (Å²) in [6.07, 6.45) is 7.01. The van der Waals surface area contributed by atoms with Gasteiger partial charge in [0, 0.05) is 36.0 Å². The van der Waals surface area contributed by atoms with Gasteiger partial charge in [-0.1, -0.05) is 42.0 Å². The van der Waals surface area contributed by atoms with Gasteiger partial charge in [-0.25, -0.2) is 4.98 Å². The van der Waals surface area contributed by atoms with Crippen molar-refractivity contribution in [1.29, 1.82) is 0 Å². The van der Waals surface area contributed by atoms with Crippen molar-refractivity contribution in [3.63, 3.8) is 0 Å².